The lowest BCUT2D eigenvalue weighted by atomic mass is 9.99. The topological polar surface area (TPSA) is 152 Å². The van der Waals surface area contributed by atoms with Crippen LogP contribution in [0.25, 0.3) is 0 Å². The van der Waals surface area contributed by atoms with Crippen LogP contribution in [0.1, 0.15) is 142 Å². The fourth-order valence-electron chi connectivity index (χ4n) is 5.23. The summed E-state index contributed by atoms with van der Waals surface area (Å²) in [6.45, 7) is 3.32. The smallest absolute Gasteiger partial charge is 0.306 e. The summed E-state index contributed by atoms with van der Waals surface area (Å²) in [6.07, 6.45) is 16.7. The summed E-state index contributed by atoms with van der Waals surface area (Å²) in [5.74, 6) is -0.821. The summed E-state index contributed by atoms with van der Waals surface area (Å²) in [5, 5.41) is 39.7. The van der Waals surface area contributed by atoms with Crippen molar-refractivity contribution in [3.8, 4) is 0 Å². The lowest BCUT2D eigenvalue weighted by molar-refractivity contribution is -0.305. The van der Waals surface area contributed by atoms with Gasteiger partial charge in [-0.2, -0.15) is 0 Å². The van der Waals surface area contributed by atoms with Crippen molar-refractivity contribution in [1.29, 1.82) is 0 Å². The molecule has 0 radical (unpaired) electrons. The lowest BCUT2D eigenvalue weighted by Crippen LogP contribution is -2.59. The minimum absolute atomic E-state index is 0.217. The van der Waals surface area contributed by atoms with Crippen molar-refractivity contribution in [1.82, 2.24) is 0 Å². The van der Waals surface area contributed by atoms with E-state index in [-0.39, 0.29) is 32.0 Å². The monoisotopic (exact) mass is 644 g/mol. The van der Waals surface area contributed by atoms with Crippen LogP contribution in [0.3, 0.4) is 0 Å². The van der Waals surface area contributed by atoms with Gasteiger partial charge in [0.25, 0.3) is 0 Å². The maximum Gasteiger partial charge on any atom is 0.306 e. The zero-order valence-electron chi connectivity index (χ0n) is 28.1. The molecule has 0 amide bonds. The number of carbonyl (C=O) groups is 2. The number of unbranched alkanes of at least 4 members (excludes halogenated alkanes) is 15. The van der Waals surface area contributed by atoms with Gasteiger partial charge >= 0.3 is 11.9 Å². The summed E-state index contributed by atoms with van der Waals surface area (Å²) in [4.78, 5) is 25.0. The maximum absolute atomic E-state index is 12.6. The summed E-state index contributed by atoms with van der Waals surface area (Å²) in [7, 11) is 0. The molecule has 1 aliphatic rings. The van der Waals surface area contributed by atoms with Crippen LogP contribution in [0.5, 0.6) is 0 Å². The third-order valence-electron chi connectivity index (χ3n) is 8.15. The van der Waals surface area contributed by atoms with Gasteiger partial charge in [0, 0.05) is 12.8 Å². The first-order chi connectivity index (χ1) is 21.8. The van der Waals surface area contributed by atoms with Crippen LogP contribution in [-0.4, -0.2) is 89.0 Å². The second-order valence-electron chi connectivity index (χ2n) is 12.3. The van der Waals surface area contributed by atoms with E-state index in [0.29, 0.717) is 6.42 Å². The first-order valence-electron chi connectivity index (χ1n) is 17.8. The molecule has 1 saturated heterocycles. The molecular formula is C35H64O10. The maximum atomic E-state index is 12.6. The van der Waals surface area contributed by atoms with Gasteiger partial charge in [0.2, 0.25) is 0 Å². The molecule has 0 aromatic heterocycles. The van der Waals surface area contributed by atoms with Gasteiger partial charge in [-0.05, 0) is 32.1 Å². The highest BCUT2D eigenvalue weighted by Gasteiger charge is 2.44. The molecule has 0 aromatic rings. The summed E-state index contributed by atoms with van der Waals surface area (Å²) >= 11 is 0. The van der Waals surface area contributed by atoms with E-state index in [1.54, 1.807) is 0 Å². The highest BCUT2D eigenvalue weighted by atomic mass is 16.7. The Labute approximate surface area is 271 Å². The van der Waals surface area contributed by atoms with Gasteiger partial charge in [0.15, 0.2) is 12.4 Å². The lowest BCUT2D eigenvalue weighted by Gasteiger charge is -2.39. The number of allylic oxidation sites excluding steroid dienone is 2. The van der Waals surface area contributed by atoms with E-state index in [9.17, 15) is 30.0 Å². The van der Waals surface area contributed by atoms with Crippen molar-refractivity contribution >= 4 is 11.9 Å². The van der Waals surface area contributed by atoms with Crippen molar-refractivity contribution in [2.45, 2.75) is 179 Å². The number of esters is 2. The molecule has 10 nitrogen and oxygen atoms in total. The zero-order chi connectivity index (χ0) is 33.1. The van der Waals surface area contributed by atoms with Crippen molar-refractivity contribution in [3.05, 3.63) is 12.2 Å². The first-order valence-corrected chi connectivity index (χ1v) is 17.8. The van der Waals surface area contributed by atoms with Crippen molar-refractivity contribution in [3.63, 3.8) is 0 Å². The quantitative estimate of drug-likeness (QED) is 0.0477. The highest BCUT2D eigenvalue weighted by molar-refractivity contribution is 5.70. The molecule has 1 heterocycles. The average Bonchev–Trinajstić information content (AvgIpc) is 3.03. The number of ether oxygens (including phenoxy) is 4. The third kappa shape index (κ3) is 20.3. The van der Waals surface area contributed by atoms with Crippen LogP contribution in [0, 0.1) is 0 Å². The highest BCUT2D eigenvalue weighted by Crippen LogP contribution is 2.22. The van der Waals surface area contributed by atoms with Crippen molar-refractivity contribution < 1.29 is 49.0 Å². The van der Waals surface area contributed by atoms with E-state index in [1.165, 1.54) is 51.4 Å². The molecule has 0 bridgehead atoms. The minimum Gasteiger partial charge on any atom is -0.462 e. The van der Waals surface area contributed by atoms with Crippen LogP contribution >= 0.6 is 0 Å². The zero-order valence-corrected chi connectivity index (χ0v) is 28.1. The van der Waals surface area contributed by atoms with Crippen molar-refractivity contribution in [2.75, 3.05) is 19.8 Å². The van der Waals surface area contributed by atoms with E-state index in [4.69, 9.17) is 18.9 Å². The Kier molecular flexibility index (Phi) is 25.4. The Hall–Kier alpha value is -1.56. The molecule has 4 N–H and O–H groups in total. The SMILES string of the molecule is CCCC/C=C/CCCCCCCC(=O)O[C@H](COC(=O)CCCCCCCCCCC)CO[C@@H]1O[C@H](CO)[C@H](O)C(O)C1O. The Balaban J connectivity index is 2.45. The number of carbonyl (C=O) groups excluding carboxylic acids is 2. The molecule has 2 unspecified atom stereocenters. The van der Waals surface area contributed by atoms with Crippen LogP contribution in [0.4, 0.5) is 0 Å². The van der Waals surface area contributed by atoms with Crippen LogP contribution in [-0.2, 0) is 28.5 Å². The largest absolute Gasteiger partial charge is 0.462 e. The molecule has 0 spiro atoms. The van der Waals surface area contributed by atoms with Gasteiger partial charge in [-0.15, -0.1) is 0 Å². The van der Waals surface area contributed by atoms with Crippen LogP contribution in [0.15, 0.2) is 12.2 Å². The standard InChI is InChI=1S/C35H64O10/c1-3-5-7-9-11-13-14-16-18-20-22-24-31(38)44-28(27-43-35-34(41)33(40)32(39)29(25-36)45-35)26-42-30(37)23-21-19-17-15-12-10-8-6-4-2/h9,11,28-29,32-36,39-41H,3-8,10,12-27H2,1-2H3/b11-9+/t28-,29-,32+,33?,34?,35-/m1/s1. The van der Waals surface area contributed by atoms with Gasteiger partial charge in [-0.25, -0.2) is 0 Å². The molecule has 0 aromatic carbocycles. The Morgan fingerprint density at radius 1 is 0.667 bits per heavy atom. The fourth-order valence-corrected chi connectivity index (χ4v) is 5.23. The van der Waals surface area contributed by atoms with E-state index >= 15 is 0 Å². The molecule has 6 atom stereocenters. The molecule has 0 aliphatic carbocycles. The number of hydrogen-bond donors (Lipinski definition) is 4. The molecule has 1 aliphatic heterocycles. The molecule has 1 fully saturated rings. The molecular weight excluding hydrogens is 580 g/mol. The average molecular weight is 645 g/mol. The number of aliphatic hydroxyl groups excluding tert-OH is 4. The van der Waals surface area contributed by atoms with Gasteiger partial charge in [-0.1, -0.05) is 109 Å². The minimum atomic E-state index is -1.59. The normalized spacial score (nSPS) is 22.5. The van der Waals surface area contributed by atoms with E-state index in [0.717, 1.165) is 57.8 Å². The number of hydrogen-bond acceptors (Lipinski definition) is 10. The summed E-state index contributed by atoms with van der Waals surface area (Å²) in [5.41, 5.74) is 0. The van der Waals surface area contributed by atoms with Gasteiger partial charge in [0.05, 0.1) is 13.2 Å². The summed E-state index contributed by atoms with van der Waals surface area (Å²) in [6, 6.07) is 0. The third-order valence-corrected chi connectivity index (χ3v) is 8.15. The number of rotatable bonds is 28. The molecule has 45 heavy (non-hydrogen) atoms. The molecule has 0 saturated carbocycles. The van der Waals surface area contributed by atoms with Gasteiger partial charge in [-0.3, -0.25) is 9.59 Å². The van der Waals surface area contributed by atoms with E-state index in [2.05, 4.69) is 26.0 Å². The van der Waals surface area contributed by atoms with E-state index in [1.807, 2.05) is 0 Å². The first kappa shape index (κ1) is 41.5. The Bertz CT molecular complexity index is 759. The van der Waals surface area contributed by atoms with Crippen LogP contribution < -0.4 is 0 Å². The Morgan fingerprint density at radius 2 is 1.20 bits per heavy atom. The second kappa shape index (κ2) is 27.5. The van der Waals surface area contributed by atoms with Crippen LogP contribution in [0.2, 0.25) is 0 Å². The predicted octanol–water partition coefficient (Wildman–Crippen LogP) is 5.66. The molecule has 264 valence electrons. The second-order valence-corrected chi connectivity index (χ2v) is 12.3. The van der Waals surface area contributed by atoms with Gasteiger partial charge < -0.3 is 39.4 Å². The predicted molar refractivity (Wildman–Crippen MR) is 173 cm³/mol. The van der Waals surface area contributed by atoms with Gasteiger partial charge in [0.1, 0.15) is 31.0 Å². The Morgan fingerprint density at radius 3 is 1.80 bits per heavy atom. The number of aliphatic hydroxyl groups is 4. The summed E-state index contributed by atoms with van der Waals surface area (Å²) < 4.78 is 21.9. The fraction of sp³-hybridized carbons (Fsp3) is 0.886. The van der Waals surface area contributed by atoms with E-state index < -0.39 is 49.4 Å². The van der Waals surface area contributed by atoms with Crippen molar-refractivity contribution in [2.24, 2.45) is 0 Å². The molecule has 1 rings (SSSR count). The molecule has 10 heteroatoms.